The Morgan fingerprint density at radius 2 is 1.96 bits per heavy atom. The number of methoxy groups -OCH3 is 1. The van der Waals surface area contributed by atoms with Gasteiger partial charge in [-0.1, -0.05) is 13.0 Å². The van der Waals surface area contributed by atoms with Gasteiger partial charge >= 0.3 is 0 Å². The van der Waals surface area contributed by atoms with Gasteiger partial charge in [-0.2, -0.15) is 0 Å². The van der Waals surface area contributed by atoms with Crippen LogP contribution in [0.5, 0.6) is 5.75 Å². The number of hydrogen-bond acceptors (Lipinski definition) is 4. The number of anilines is 1. The van der Waals surface area contributed by atoms with Crippen molar-refractivity contribution in [3.63, 3.8) is 0 Å². The van der Waals surface area contributed by atoms with Gasteiger partial charge in [0.15, 0.2) is 0 Å². The van der Waals surface area contributed by atoms with Gasteiger partial charge in [-0.25, -0.2) is 0 Å². The average Bonchev–Trinajstić information content (AvgIpc) is 2.68. The predicted octanol–water partition coefficient (Wildman–Crippen LogP) is 3.21. The second kappa shape index (κ2) is 7.99. The normalized spacial score (nSPS) is 14.8. The van der Waals surface area contributed by atoms with Crippen molar-refractivity contribution in [2.24, 2.45) is 5.92 Å². The van der Waals surface area contributed by atoms with Crippen LogP contribution in [0.4, 0.5) is 5.69 Å². The second-order valence-electron chi connectivity index (χ2n) is 6.59. The topological polar surface area (TPSA) is 71.5 Å². The molecule has 2 amide bonds. The number of benzene rings is 1. The molecule has 1 N–H and O–H groups in total. The van der Waals surface area contributed by atoms with Crippen molar-refractivity contribution < 1.29 is 14.3 Å². The molecule has 136 valence electrons. The lowest BCUT2D eigenvalue weighted by Gasteiger charge is -2.30. The zero-order chi connectivity index (χ0) is 18.5. The first-order valence-corrected chi connectivity index (χ1v) is 8.77. The number of nitrogens with zero attached hydrogens (tertiary/aromatic N) is 2. The van der Waals surface area contributed by atoms with Crippen molar-refractivity contribution in [3.05, 3.63) is 53.9 Å². The highest BCUT2D eigenvalue weighted by atomic mass is 16.5. The number of rotatable bonds is 4. The molecule has 1 aromatic carbocycles. The van der Waals surface area contributed by atoms with Crippen LogP contribution in [0.1, 0.15) is 40.6 Å². The molecule has 0 saturated carbocycles. The number of nitrogens with one attached hydrogen (secondary N) is 1. The lowest BCUT2D eigenvalue weighted by Crippen LogP contribution is -2.38. The van der Waals surface area contributed by atoms with Crippen LogP contribution in [0.2, 0.25) is 0 Å². The minimum Gasteiger partial charge on any atom is -0.497 e. The Hall–Kier alpha value is -2.89. The summed E-state index contributed by atoms with van der Waals surface area (Å²) in [6.07, 6.45) is 3.50. The zero-order valence-corrected chi connectivity index (χ0v) is 15.1. The molecule has 0 aliphatic carbocycles. The average molecular weight is 353 g/mol. The molecule has 1 aliphatic rings. The molecule has 0 atom stereocenters. The van der Waals surface area contributed by atoms with Crippen LogP contribution in [0, 0.1) is 5.92 Å². The summed E-state index contributed by atoms with van der Waals surface area (Å²) in [6, 6.07) is 10.3. The fourth-order valence-corrected chi connectivity index (χ4v) is 2.97. The predicted molar refractivity (Wildman–Crippen MR) is 99.5 cm³/mol. The minimum atomic E-state index is -0.290. The third kappa shape index (κ3) is 4.20. The largest absolute Gasteiger partial charge is 0.497 e. The number of pyridine rings is 1. The smallest absolute Gasteiger partial charge is 0.272 e. The van der Waals surface area contributed by atoms with E-state index >= 15 is 0 Å². The van der Waals surface area contributed by atoms with E-state index in [1.54, 1.807) is 43.5 Å². The number of amides is 2. The second-order valence-corrected chi connectivity index (χ2v) is 6.59. The van der Waals surface area contributed by atoms with E-state index < -0.39 is 0 Å². The molecule has 0 spiro atoms. The van der Waals surface area contributed by atoms with E-state index in [1.807, 2.05) is 4.90 Å². The summed E-state index contributed by atoms with van der Waals surface area (Å²) in [5.41, 5.74) is 1.33. The minimum absolute atomic E-state index is 0.118. The number of carbonyl (C=O) groups excluding carboxylic acids is 2. The Balaban J connectivity index is 1.71. The maximum atomic E-state index is 12.6. The number of piperidine rings is 1. The van der Waals surface area contributed by atoms with Crippen LogP contribution in [-0.4, -0.2) is 41.9 Å². The zero-order valence-electron chi connectivity index (χ0n) is 15.1. The monoisotopic (exact) mass is 353 g/mol. The van der Waals surface area contributed by atoms with Crippen LogP contribution in [0.15, 0.2) is 42.6 Å². The fraction of sp³-hybridized carbons (Fsp3) is 0.350. The number of likely N-dealkylation sites (tertiary alicyclic amines) is 1. The molecule has 0 bridgehead atoms. The summed E-state index contributed by atoms with van der Waals surface area (Å²) in [4.78, 5) is 31.1. The molecule has 0 unspecified atom stereocenters. The van der Waals surface area contributed by atoms with E-state index in [0.717, 1.165) is 25.9 Å². The molecular weight excluding hydrogens is 330 g/mol. The van der Waals surface area contributed by atoms with E-state index in [2.05, 4.69) is 17.2 Å². The molecule has 26 heavy (non-hydrogen) atoms. The molecule has 3 rings (SSSR count). The van der Waals surface area contributed by atoms with Gasteiger partial charge in [0.25, 0.3) is 11.8 Å². The van der Waals surface area contributed by atoms with Crippen molar-refractivity contribution in [3.8, 4) is 5.75 Å². The maximum absolute atomic E-state index is 12.6. The van der Waals surface area contributed by atoms with Crippen molar-refractivity contribution >= 4 is 17.5 Å². The summed E-state index contributed by atoms with van der Waals surface area (Å²) in [7, 11) is 1.57. The molecule has 6 heteroatoms. The molecule has 1 aromatic heterocycles. The Morgan fingerprint density at radius 1 is 1.19 bits per heavy atom. The molecule has 6 nitrogen and oxygen atoms in total. The SMILES string of the molecule is COc1cccc(NC(=O)c2ccnc(C(=O)N3CCC(C)CC3)c2)c1. The van der Waals surface area contributed by atoms with Gasteiger partial charge in [-0.15, -0.1) is 0 Å². The Morgan fingerprint density at radius 3 is 2.69 bits per heavy atom. The summed E-state index contributed by atoms with van der Waals surface area (Å²) < 4.78 is 5.16. The van der Waals surface area contributed by atoms with E-state index in [0.29, 0.717) is 28.6 Å². The first kappa shape index (κ1) is 17.9. The van der Waals surface area contributed by atoms with Crippen LogP contribution < -0.4 is 10.1 Å². The molecule has 2 aromatic rings. The molecular formula is C20H23N3O3. The van der Waals surface area contributed by atoms with Gasteiger partial charge < -0.3 is 15.0 Å². The summed E-state index contributed by atoms with van der Waals surface area (Å²) in [5.74, 6) is 0.898. The maximum Gasteiger partial charge on any atom is 0.272 e. The number of aromatic nitrogens is 1. The lowest BCUT2D eigenvalue weighted by molar-refractivity contribution is 0.0691. The standard InChI is InChI=1S/C20H23N3O3/c1-14-7-10-23(11-8-14)20(25)18-12-15(6-9-21-18)19(24)22-16-4-3-5-17(13-16)26-2/h3-6,9,12-14H,7-8,10-11H2,1-2H3,(H,22,24). The Bertz CT molecular complexity index is 798. The fourth-order valence-electron chi connectivity index (χ4n) is 2.97. The van der Waals surface area contributed by atoms with Crippen molar-refractivity contribution in [2.75, 3.05) is 25.5 Å². The van der Waals surface area contributed by atoms with E-state index in [9.17, 15) is 9.59 Å². The van der Waals surface area contributed by atoms with Crippen LogP contribution in [-0.2, 0) is 0 Å². The number of hydrogen-bond donors (Lipinski definition) is 1. The molecule has 0 radical (unpaired) electrons. The molecule has 1 aliphatic heterocycles. The summed E-state index contributed by atoms with van der Waals surface area (Å²) >= 11 is 0. The highest BCUT2D eigenvalue weighted by molar-refractivity contribution is 6.05. The van der Waals surface area contributed by atoms with Gasteiger partial charge in [-0.05, 0) is 43.0 Å². The van der Waals surface area contributed by atoms with Gasteiger partial charge in [-0.3, -0.25) is 14.6 Å². The van der Waals surface area contributed by atoms with Gasteiger partial charge in [0.05, 0.1) is 7.11 Å². The van der Waals surface area contributed by atoms with Gasteiger partial charge in [0.2, 0.25) is 0 Å². The first-order chi connectivity index (χ1) is 12.6. The Kier molecular flexibility index (Phi) is 5.51. The van der Waals surface area contributed by atoms with E-state index in [4.69, 9.17) is 4.74 Å². The first-order valence-electron chi connectivity index (χ1n) is 8.77. The van der Waals surface area contributed by atoms with Crippen molar-refractivity contribution in [2.45, 2.75) is 19.8 Å². The van der Waals surface area contributed by atoms with Crippen LogP contribution in [0.25, 0.3) is 0 Å². The van der Waals surface area contributed by atoms with Crippen LogP contribution >= 0.6 is 0 Å². The van der Waals surface area contributed by atoms with Gasteiger partial charge in [0.1, 0.15) is 11.4 Å². The van der Waals surface area contributed by atoms with Crippen molar-refractivity contribution in [1.29, 1.82) is 0 Å². The molecule has 1 saturated heterocycles. The van der Waals surface area contributed by atoms with Crippen molar-refractivity contribution in [1.82, 2.24) is 9.88 Å². The summed E-state index contributed by atoms with van der Waals surface area (Å²) in [5, 5.41) is 2.81. The highest BCUT2D eigenvalue weighted by Gasteiger charge is 2.23. The third-order valence-corrected chi connectivity index (χ3v) is 4.64. The number of ether oxygens (including phenoxy) is 1. The molecule has 2 heterocycles. The molecule has 1 fully saturated rings. The number of carbonyl (C=O) groups is 2. The highest BCUT2D eigenvalue weighted by Crippen LogP contribution is 2.19. The quantitative estimate of drug-likeness (QED) is 0.916. The summed E-state index contributed by atoms with van der Waals surface area (Å²) in [6.45, 7) is 3.67. The lowest BCUT2D eigenvalue weighted by atomic mass is 9.99. The Labute approximate surface area is 153 Å². The third-order valence-electron chi connectivity index (χ3n) is 4.64. The van der Waals surface area contributed by atoms with E-state index in [1.165, 1.54) is 6.20 Å². The van der Waals surface area contributed by atoms with Gasteiger partial charge in [0, 0.05) is 36.6 Å². The van der Waals surface area contributed by atoms with Crippen LogP contribution in [0.3, 0.4) is 0 Å². The van der Waals surface area contributed by atoms with E-state index in [-0.39, 0.29) is 11.8 Å².